The normalized spacial score (nSPS) is 18.7. The zero-order valence-corrected chi connectivity index (χ0v) is 15.2. The van der Waals surface area contributed by atoms with Crippen LogP contribution in [0.4, 0.5) is 5.69 Å². The van der Waals surface area contributed by atoms with Gasteiger partial charge in [-0.3, -0.25) is 14.8 Å². The fourth-order valence-electron chi connectivity index (χ4n) is 3.73. The lowest BCUT2D eigenvalue weighted by atomic mass is 9.72. The van der Waals surface area contributed by atoms with Crippen molar-refractivity contribution in [2.75, 3.05) is 11.4 Å². The van der Waals surface area contributed by atoms with Crippen molar-refractivity contribution in [3.8, 4) is 0 Å². The molecule has 26 heavy (non-hydrogen) atoms. The smallest absolute Gasteiger partial charge is 0.274 e. The highest BCUT2D eigenvalue weighted by Crippen LogP contribution is 2.37. The van der Waals surface area contributed by atoms with Crippen LogP contribution in [0.2, 0.25) is 0 Å². The minimum absolute atomic E-state index is 0.0325. The topological polar surface area (TPSA) is 69.6 Å². The molecule has 0 radical (unpaired) electrons. The molecule has 1 aliphatic rings. The molecule has 136 valence electrons. The van der Waals surface area contributed by atoms with Gasteiger partial charge in [0.15, 0.2) is 0 Å². The number of carbonyl (C=O) groups is 2. The Hall–Kier alpha value is -2.66. The largest absolute Gasteiger partial charge is 0.312 e. The Morgan fingerprint density at radius 2 is 1.88 bits per heavy atom. The molecule has 0 spiro atoms. The van der Waals surface area contributed by atoms with Gasteiger partial charge >= 0.3 is 0 Å². The van der Waals surface area contributed by atoms with E-state index in [2.05, 4.69) is 6.92 Å². The zero-order chi connectivity index (χ0) is 18.7. The number of para-hydroxylation sites is 1. The second-order valence-electron chi connectivity index (χ2n) is 7.35. The van der Waals surface area contributed by atoms with Crippen LogP contribution in [-0.2, 0) is 17.6 Å². The average molecular weight is 352 g/mol. The van der Waals surface area contributed by atoms with Gasteiger partial charge in [0.2, 0.25) is 5.91 Å². The number of benzene rings is 2. The monoisotopic (exact) mass is 352 g/mol. The van der Waals surface area contributed by atoms with Crippen molar-refractivity contribution in [2.24, 2.45) is 5.41 Å². The van der Waals surface area contributed by atoms with E-state index in [0.29, 0.717) is 12.1 Å². The van der Waals surface area contributed by atoms with Gasteiger partial charge in [0.1, 0.15) is 0 Å². The molecule has 2 aromatic carbocycles. The van der Waals surface area contributed by atoms with Gasteiger partial charge in [0, 0.05) is 24.7 Å². The van der Waals surface area contributed by atoms with E-state index < -0.39 is 5.91 Å². The van der Waals surface area contributed by atoms with E-state index in [9.17, 15) is 9.59 Å². The molecule has 0 saturated heterocycles. The molecule has 0 saturated carbocycles. The maximum absolute atomic E-state index is 12.2. The van der Waals surface area contributed by atoms with Crippen LogP contribution in [0.1, 0.15) is 41.8 Å². The number of hydrogen-bond donors (Lipinski definition) is 2. The molecule has 2 N–H and O–H groups in total. The van der Waals surface area contributed by atoms with Crippen LogP contribution >= 0.6 is 0 Å². The molecule has 1 unspecified atom stereocenters. The second-order valence-corrected chi connectivity index (χ2v) is 7.35. The first-order valence-electron chi connectivity index (χ1n) is 8.81. The fraction of sp³-hybridized carbons (Fsp3) is 0.333. The molecule has 0 heterocycles. The van der Waals surface area contributed by atoms with E-state index >= 15 is 0 Å². The quantitative estimate of drug-likeness (QED) is 0.655. The van der Waals surface area contributed by atoms with Crippen molar-refractivity contribution in [1.29, 1.82) is 0 Å². The van der Waals surface area contributed by atoms with Crippen LogP contribution in [0, 0.1) is 5.41 Å². The molecule has 0 aliphatic heterocycles. The van der Waals surface area contributed by atoms with Crippen LogP contribution < -0.4 is 10.4 Å². The molecule has 2 amide bonds. The molecule has 0 fully saturated rings. The Labute approximate surface area is 153 Å². The highest BCUT2D eigenvalue weighted by atomic mass is 16.5. The Bertz CT molecular complexity index is 819. The maximum Gasteiger partial charge on any atom is 0.274 e. The van der Waals surface area contributed by atoms with E-state index in [1.54, 1.807) is 18.5 Å². The van der Waals surface area contributed by atoms with Crippen LogP contribution in [0.5, 0.6) is 0 Å². The standard InChI is InChI=1S/C21H24N2O3/c1-15(24)23(19-6-4-3-5-7-19)14-21(2)11-10-16-12-17(20(25)22-26)8-9-18(16)13-21/h3-9,12,26H,10-11,13-14H2,1-2H3,(H,22,25). The molecule has 1 atom stereocenters. The summed E-state index contributed by atoms with van der Waals surface area (Å²) in [7, 11) is 0. The Balaban J connectivity index is 1.81. The van der Waals surface area contributed by atoms with Crippen LogP contribution in [0.25, 0.3) is 0 Å². The van der Waals surface area contributed by atoms with Gasteiger partial charge in [-0.05, 0) is 60.1 Å². The van der Waals surface area contributed by atoms with Crippen molar-refractivity contribution in [2.45, 2.75) is 33.1 Å². The molecular weight excluding hydrogens is 328 g/mol. The number of amides is 2. The molecule has 5 heteroatoms. The first-order chi connectivity index (χ1) is 12.4. The number of hydroxylamine groups is 1. The van der Waals surface area contributed by atoms with Crippen LogP contribution in [0.3, 0.4) is 0 Å². The van der Waals surface area contributed by atoms with E-state index in [1.165, 1.54) is 5.56 Å². The number of nitrogens with zero attached hydrogens (tertiary/aromatic N) is 1. The number of rotatable bonds is 4. The minimum atomic E-state index is -0.493. The number of fused-ring (bicyclic) bond motifs is 1. The molecule has 0 bridgehead atoms. The predicted molar refractivity (Wildman–Crippen MR) is 100 cm³/mol. The molecular formula is C21H24N2O3. The van der Waals surface area contributed by atoms with Crippen LogP contribution in [-0.4, -0.2) is 23.6 Å². The number of hydrogen-bond acceptors (Lipinski definition) is 3. The molecule has 3 rings (SSSR count). The summed E-state index contributed by atoms with van der Waals surface area (Å²) < 4.78 is 0. The zero-order valence-electron chi connectivity index (χ0n) is 15.2. The third-order valence-electron chi connectivity index (χ3n) is 5.17. The predicted octanol–water partition coefficient (Wildman–Crippen LogP) is 3.35. The van der Waals surface area contributed by atoms with Crippen molar-refractivity contribution in [3.05, 3.63) is 65.2 Å². The highest BCUT2D eigenvalue weighted by molar-refractivity contribution is 5.93. The maximum atomic E-state index is 12.2. The third-order valence-corrected chi connectivity index (χ3v) is 5.17. The Morgan fingerprint density at radius 1 is 1.15 bits per heavy atom. The summed E-state index contributed by atoms with van der Waals surface area (Å²) in [5.41, 5.74) is 5.36. The summed E-state index contributed by atoms with van der Waals surface area (Å²) in [6, 6.07) is 15.3. The van der Waals surface area contributed by atoms with Gasteiger partial charge in [-0.15, -0.1) is 0 Å². The fourth-order valence-corrected chi connectivity index (χ4v) is 3.73. The summed E-state index contributed by atoms with van der Waals surface area (Å²) in [5, 5.41) is 8.80. The first-order valence-corrected chi connectivity index (χ1v) is 8.81. The van der Waals surface area contributed by atoms with Crippen molar-refractivity contribution in [1.82, 2.24) is 5.48 Å². The summed E-state index contributed by atoms with van der Waals surface area (Å²) >= 11 is 0. The molecule has 5 nitrogen and oxygen atoms in total. The first kappa shape index (κ1) is 18.1. The lowest BCUT2D eigenvalue weighted by Crippen LogP contribution is -2.42. The van der Waals surface area contributed by atoms with E-state index in [-0.39, 0.29) is 11.3 Å². The number of nitrogens with one attached hydrogen (secondary N) is 1. The lowest BCUT2D eigenvalue weighted by molar-refractivity contribution is -0.116. The molecule has 2 aromatic rings. The summed E-state index contributed by atoms with van der Waals surface area (Å²) in [6.45, 7) is 4.47. The number of aryl methyl sites for hydroxylation is 1. The molecule has 0 aromatic heterocycles. The SMILES string of the molecule is CC(=O)N(CC1(C)CCc2cc(C(=O)NO)ccc2C1)c1ccccc1. The Kier molecular flexibility index (Phi) is 5.09. The van der Waals surface area contributed by atoms with Crippen molar-refractivity contribution < 1.29 is 14.8 Å². The van der Waals surface area contributed by atoms with E-state index in [1.807, 2.05) is 47.4 Å². The lowest BCUT2D eigenvalue weighted by Gasteiger charge is -2.39. The average Bonchev–Trinajstić information content (AvgIpc) is 2.65. The summed E-state index contributed by atoms with van der Waals surface area (Å²) in [4.78, 5) is 25.7. The van der Waals surface area contributed by atoms with Gasteiger partial charge in [-0.2, -0.15) is 0 Å². The van der Waals surface area contributed by atoms with Gasteiger partial charge in [0.25, 0.3) is 5.91 Å². The summed E-state index contributed by atoms with van der Waals surface area (Å²) in [6.07, 6.45) is 2.62. The van der Waals surface area contributed by atoms with Crippen molar-refractivity contribution >= 4 is 17.5 Å². The van der Waals surface area contributed by atoms with E-state index in [0.717, 1.165) is 30.5 Å². The minimum Gasteiger partial charge on any atom is -0.312 e. The highest BCUT2D eigenvalue weighted by Gasteiger charge is 2.33. The van der Waals surface area contributed by atoms with Gasteiger partial charge in [-0.1, -0.05) is 31.2 Å². The Morgan fingerprint density at radius 3 is 2.54 bits per heavy atom. The third kappa shape index (κ3) is 3.78. The second kappa shape index (κ2) is 7.30. The van der Waals surface area contributed by atoms with Crippen LogP contribution in [0.15, 0.2) is 48.5 Å². The van der Waals surface area contributed by atoms with E-state index in [4.69, 9.17) is 5.21 Å². The van der Waals surface area contributed by atoms with Gasteiger partial charge in [0.05, 0.1) is 0 Å². The van der Waals surface area contributed by atoms with Gasteiger partial charge in [-0.25, -0.2) is 5.48 Å². The van der Waals surface area contributed by atoms with Crippen molar-refractivity contribution in [3.63, 3.8) is 0 Å². The molecule has 1 aliphatic carbocycles. The van der Waals surface area contributed by atoms with Gasteiger partial charge < -0.3 is 4.90 Å². The number of anilines is 1. The summed E-state index contributed by atoms with van der Waals surface area (Å²) in [5.74, 6) is -0.453. The number of carbonyl (C=O) groups excluding carboxylic acids is 2.